The molecule has 0 spiro atoms. The summed E-state index contributed by atoms with van der Waals surface area (Å²) in [4.78, 5) is 0. The van der Waals surface area contributed by atoms with E-state index in [0.29, 0.717) is 11.8 Å². The van der Waals surface area contributed by atoms with E-state index >= 15 is 0 Å². The van der Waals surface area contributed by atoms with Crippen LogP contribution in [-0.4, -0.2) is 5.43 Å². The summed E-state index contributed by atoms with van der Waals surface area (Å²) in [6.45, 7) is 4.62. The maximum atomic E-state index is 2.45. The Labute approximate surface area is 171 Å². The fourth-order valence-electron chi connectivity index (χ4n) is 3.11. The van der Waals surface area contributed by atoms with Crippen molar-refractivity contribution in [3.63, 3.8) is 0 Å². The maximum absolute atomic E-state index is 2.45. The number of fused-ring (bicyclic) bond motifs is 2. The summed E-state index contributed by atoms with van der Waals surface area (Å²) in [6.07, 6.45) is 11.5. The van der Waals surface area contributed by atoms with Crippen molar-refractivity contribution in [1.82, 2.24) is 0 Å². The van der Waals surface area contributed by atoms with E-state index in [1.807, 2.05) is 0 Å². The first-order valence-corrected chi connectivity index (χ1v) is 14.2. The number of benzene rings is 2. The molecule has 0 heterocycles. The van der Waals surface area contributed by atoms with Crippen LogP contribution in [0.2, 0.25) is 13.1 Å². The second kappa shape index (κ2) is 9.27. The van der Waals surface area contributed by atoms with Gasteiger partial charge in [0.25, 0.3) is 0 Å². The molecule has 0 aliphatic heterocycles. The Hall–Kier alpha value is -0.500. The van der Waals surface area contributed by atoms with E-state index in [4.69, 9.17) is 0 Å². The summed E-state index contributed by atoms with van der Waals surface area (Å²) in [5, 5.41) is 0. The number of halogens is 1. The van der Waals surface area contributed by atoms with Gasteiger partial charge < -0.3 is 23.4 Å². The Morgan fingerprint density at radius 1 is 0.792 bits per heavy atom. The molecule has 0 saturated heterocycles. The first-order valence-electron chi connectivity index (χ1n) is 8.06. The van der Waals surface area contributed by atoms with Crippen LogP contribution in [0.3, 0.4) is 0 Å². The minimum Gasteiger partial charge on any atom is -1.00 e. The zero-order chi connectivity index (χ0) is 16.2. The minimum atomic E-state index is 0. The number of rotatable bonds is 2. The fraction of sp³-hybridized carbons (Fsp3) is 0.190. The number of allylic oxidation sites excluding steroid dienone is 2. The van der Waals surface area contributed by atoms with Crippen LogP contribution in [0.15, 0.2) is 60.7 Å². The van der Waals surface area contributed by atoms with Gasteiger partial charge in [-0.05, 0) is 11.1 Å². The molecule has 2 aliphatic carbocycles. The molecule has 122 valence electrons. The van der Waals surface area contributed by atoms with Gasteiger partial charge in [0.2, 0.25) is 0 Å². The Kier molecular flexibility index (Phi) is 7.65. The maximum Gasteiger partial charge on any atom is -1.00 e. The molecule has 2 atom stereocenters. The standard InChI is InChI=1S/C19H15.C2H6Si.BrH.Zr/c1-3-7-18-14(5-1)9-11-16(18)13-17-12-10-15-6-2-4-8-19(15)17;1-3-2;;/h1-13,16-17H;1-2H3;1H;/q-1;;;/p-1. The normalized spacial score (nSPS) is 18.9. The van der Waals surface area contributed by atoms with E-state index in [1.165, 1.54) is 22.3 Å². The summed E-state index contributed by atoms with van der Waals surface area (Å²) in [5.41, 5.74) is 5.79. The molecule has 0 bridgehead atoms. The van der Waals surface area contributed by atoms with Crippen molar-refractivity contribution in [3.05, 3.63) is 89.4 Å². The molecule has 2 aromatic rings. The molecule has 0 saturated carbocycles. The molecule has 2 aliphatic rings. The number of hydrogen-bond donors (Lipinski definition) is 0. The first-order chi connectivity index (χ1) is 11.1. The Morgan fingerprint density at radius 3 is 1.58 bits per heavy atom. The monoisotopic (exact) mass is 470 g/mol. The smallest absolute Gasteiger partial charge is 1.00 e. The van der Waals surface area contributed by atoms with Crippen LogP contribution in [0, 0.1) is 6.42 Å². The Bertz CT molecular complexity index is 715. The van der Waals surface area contributed by atoms with E-state index in [1.54, 1.807) is 23.3 Å². The van der Waals surface area contributed by atoms with Crippen molar-refractivity contribution in [2.45, 2.75) is 24.9 Å². The van der Waals surface area contributed by atoms with Gasteiger partial charge in [-0.2, -0.15) is 0 Å². The van der Waals surface area contributed by atoms with Crippen molar-refractivity contribution in [2.24, 2.45) is 0 Å². The first kappa shape index (κ1) is 19.8. The van der Waals surface area contributed by atoms with E-state index in [-0.39, 0.29) is 22.4 Å². The molecule has 2 unspecified atom stereocenters. The van der Waals surface area contributed by atoms with Crippen LogP contribution in [0.1, 0.15) is 34.1 Å². The van der Waals surface area contributed by atoms with Gasteiger partial charge in [0.05, 0.1) is 0 Å². The SMILES string of the molecule is C1=CC([CH-]C2C=Cc3ccccc32)c2ccccc21.C[Si](C)=[Zr].[Br-]. The van der Waals surface area contributed by atoms with E-state index < -0.39 is 0 Å². The summed E-state index contributed by atoms with van der Waals surface area (Å²) < 4.78 is 0. The van der Waals surface area contributed by atoms with Crippen molar-refractivity contribution >= 4 is 17.6 Å². The van der Waals surface area contributed by atoms with E-state index in [0.717, 1.165) is 0 Å². The van der Waals surface area contributed by atoms with Gasteiger partial charge in [-0.3, -0.25) is 0 Å². The second-order valence-electron chi connectivity index (χ2n) is 6.22. The minimum absolute atomic E-state index is 0. The Balaban J connectivity index is 0.000000379. The van der Waals surface area contributed by atoms with Gasteiger partial charge in [-0.15, -0.1) is 24.0 Å². The predicted octanol–water partition coefficient (Wildman–Crippen LogP) is 2.60. The van der Waals surface area contributed by atoms with E-state index in [9.17, 15) is 0 Å². The zero-order valence-corrected chi connectivity index (χ0v) is 19.1. The third kappa shape index (κ3) is 4.77. The summed E-state index contributed by atoms with van der Waals surface area (Å²) in [7, 11) is 0. The molecule has 0 N–H and O–H groups in total. The van der Waals surface area contributed by atoms with Crippen LogP contribution in [0.5, 0.6) is 0 Å². The van der Waals surface area contributed by atoms with Gasteiger partial charge >= 0.3 is 41.9 Å². The van der Waals surface area contributed by atoms with Gasteiger partial charge in [0, 0.05) is 0 Å². The average Bonchev–Trinajstić information content (AvgIpc) is 3.13. The van der Waals surface area contributed by atoms with Crippen molar-refractivity contribution in [1.29, 1.82) is 0 Å². The Morgan fingerprint density at radius 2 is 1.17 bits per heavy atom. The van der Waals surface area contributed by atoms with Crippen molar-refractivity contribution in [3.8, 4) is 0 Å². The van der Waals surface area contributed by atoms with Crippen LogP contribution >= 0.6 is 0 Å². The van der Waals surface area contributed by atoms with E-state index in [2.05, 4.69) is 92.3 Å². The molecule has 24 heavy (non-hydrogen) atoms. The quantitative estimate of drug-likeness (QED) is 0.466. The summed E-state index contributed by atoms with van der Waals surface area (Å²) in [5.74, 6) is 0.883. The molecule has 2 aromatic carbocycles. The molecule has 0 nitrogen and oxygen atoms in total. The van der Waals surface area contributed by atoms with Crippen LogP contribution in [-0.2, 0) is 23.3 Å². The molecule has 0 radical (unpaired) electrons. The topological polar surface area (TPSA) is 0 Å². The molecular formula is C21H21BrSiZr-2. The number of hydrogen-bond acceptors (Lipinski definition) is 0. The van der Waals surface area contributed by atoms with Crippen LogP contribution < -0.4 is 17.0 Å². The third-order valence-electron chi connectivity index (χ3n) is 4.09. The van der Waals surface area contributed by atoms with Gasteiger partial charge in [0.1, 0.15) is 0 Å². The van der Waals surface area contributed by atoms with Gasteiger partial charge in [0.15, 0.2) is 0 Å². The molecule has 3 heteroatoms. The van der Waals surface area contributed by atoms with Gasteiger partial charge in [-0.1, -0.05) is 71.8 Å². The second-order valence-corrected chi connectivity index (χ2v) is 15.6. The molecular weight excluding hydrogens is 451 g/mol. The largest absolute Gasteiger partial charge is 1.00 e. The third-order valence-corrected chi connectivity index (χ3v) is 4.09. The molecule has 4 rings (SSSR count). The zero-order valence-electron chi connectivity index (χ0n) is 14.0. The predicted molar refractivity (Wildman–Crippen MR) is 98.2 cm³/mol. The summed E-state index contributed by atoms with van der Waals surface area (Å²) in [6, 6.07) is 17.3. The summed E-state index contributed by atoms with van der Waals surface area (Å²) >= 11 is 1.74. The molecule has 0 aromatic heterocycles. The fourth-order valence-corrected chi connectivity index (χ4v) is 3.11. The molecule has 0 fully saturated rings. The van der Waals surface area contributed by atoms with Gasteiger partial charge in [-0.25, -0.2) is 0 Å². The molecule has 0 amide bonds. The van der Waals surface area contributed by atoms with Crippen LogP contribution in [0.4, 0.5) is 0 Å². The average molecular weight is 473 g/mol. The van der Waals surface area contributed by atoms with Crippen LogP contribution in [0.25, 0.3) is 12.2 Å². The van der Waals surface area contributed by atoms with Crippen molar-refractivity contribution in [2.75, 3.05) is 0 Å². The van der Waals surface area contributed by atoms with Crippen molar-refractivity contribution < 1.29 is 40.3 Å².